The Morgan fingerprint density at radius 3 is 2.52 bits per heavy atom. The van der Waals surface area contributed by atoms with Gasteiger partial charge in [-0.1, -0.05) is 6.07 Å². The van der Waals surface area contributed by atoms with E-state index in [0.29, 0.717) is 5.56 Å². The molecule has 0 aliphatic carbocycles. The highest BCUT2D eigenvalue weighted by atomic mass is 19.4. The fourth-order valence-corrected chi connectivity index (χ4v) is 2.92. The van der Waals surface area contributed by atoms with Gasteiger partial charge >= 0.3 is 12.3 Å². The van der Waals surface area contributed by atoms with E-state index in [9.17, 15) is 33.2 Å². The van der Waals surface area contributed by atoms with Crippen molar-refractivity contribution < 1.29 is 32.7 Å². The van der Waals surface area contributed by atoms with Crippen LogP contribution in [-0.4, -0.2) is 45.3 Å². The smallest absolute Gasteiger partial charge is 0.416 e. The number of benzene rings is 1. The van der Waals surface area contributed by atoms with Crippen LogP contribution in [0, 0.1) is 10.1 Å². The first-order chi connectivity index (χ1) is 12.3. The topological polar surface area (TPSA) is 92.9 Å². The fraction of sp³-hybridized carbons (Fsp3) is 0.588. The SMILES string of the molecule is CC(C)(C)OC(=O)N1Cc2cc(C(F)(F)F)ccc2CC1[C@H](O)C[N+](=O)[O-]. The number of carbonyl (C=O) groups excluding carboxylic acids is 1. The Morgan fingerprint density at radius 2 is 2.00 bits per heavy atom. The van der Waals surface area contributed by atoms with Gasteiger partial charge in [-0.25, -0.2) is 4.79 Å². The van der Waals surface area contributed by atoms with Gasteiger partial charge in [0.15, 0.2) is 0 Å². The number of fused-ring (bicyclic) bond motifs is 1. The summed E-state index contributed by atoms with van der Waals surface area (Å²) in [5.74, 6) is 0. The van der Waals surface area contributed by atoms with E-state index >= 15 is 0 Å². The van der Waals surface area contributed by atoms with Crippen LogP contribution in [0.25, 0.3) is 0 Å². The third-order valence-electron chi connectivity index (χ3n) is 4.11. The zero-order valence-electron chi connectivity index (χ0n) is 15.1. The van der Waals surface area contributed by atoms with Crippen LogP contribution in [0.15, 0.2) is 18.2 Å². The monoisotopic (exact) mass is 390 g/mol. The number of carbonyl (C=O) groups is 1. The Bertz CT molecular complexity index is 730. The molecular weight excluding hydrogens is 369 g/mol. The number of rotatable bonds is 3. The third-order valence-corrected chi connectivity index (χ3v) is 4.11. The normalized spacial score (nSPS) is 18.6. The molecule has 1 aromatic carbocycles. The molecule has 0 fully saturated rings. The molecule has 1 amide bonds. The van der Waals surface area contributed by atoms with Crippen molar-refractivity contribution in [3.63, 3.8) is 0 Å². The average Bonchev–Trinajstić information content (AvgIpc) is 2.49. The van der Waals surface area contributed by atoms with E-state index < -0.39 is 47.0 Å². The molecule has 0 spiro atoms. The van der Waals surface area contributed by atoms with E-state index in [-0.39, 0.29) is 18.5 Å². The van der Waals surface area contributed by atoms with Crippen LogP contribution in [-0.2, 0) is 23.9 Å². The number of nitrogens with zero attached hydrogens (tertiary/aromatic N) is 2. The van der Waals surface area contributed by atoms with Crippen molar-refractivity contribution in [1.29, 1.82) is 0 Å². The molecule has 1 heterocycles. The van der Waals surface area contributed by atoms with Gasteiger partial charge in [0.1, 0.15) is 11.7 Å². The number of aliphatic hydroxyl groups is 1. The van der Waals surface area contributed by atoms with Crippen molar-refractivity contribution in [1.82, 2.24) is 4.90 Å². The molecule has 0 saturated carbocycles. The Morgan fingerprint density at radius 1 is 1.37 bits per heavy atom. The third kappa shape index (κ3) is 5.31. The predicted molar refractivity (Wildman–Crippen MR) is 88.6 cm³/mol. The minimum absolute atomic E-state index is 0.0122. The molecule has 1 aliphatic rings. The number of aliphatic hydroxyl groups excluding tert-OH is 1. The minimum Gasteiger partial charge on any atom is -0.444 e. The van der Waals surface area contributed by atoms with Gasteiger partial charge in [-0.3, -0.25) is 15.0 Å². The molecule has 0 saturated heterocycles. The van der Waals surface area contributed by atoms with Crippen LogP contribution in [0.4, 0.5) is 18.0 Å². The van der Waals surface area contributed by atoms with E-state index in [2.05, 4.69) is 0 Å². The van der Waals surface area contributed by atoms with Gasteiger partial charge in [0.2, 0.25) is 6.54 Å². The van der Waals surface area contributed by atoms with Gasteiger partial charge in [0.25, 0.3) is 0 Å². The van der Waals surface area contributed by atoms with Crippen molar-refractivity contribution in [3.8, 4) is 0 Å². The summed E-state index contributed by atoms with van der Waals surface area (Å²) in [6.07, 6.45) is -6.88. The summed E-state index contributed by atoms with van der Waals surface area (Å²) in [5.41, 5.74) is -0.964. The predicted octanol–water partition coefficient (Wildman–Crippen LogP) is 3.00. The fourth-order valence-electron chi connectivity index (χ4n) is 2.92. The lowest BCUT2D eigenvalue weighted by atomic mass is 9.90. The zero-order valence-corrected chi connectivity index (χ0v) is 15.1. The summed E-state index contributed by atoms with van der Waals surface area (Å²) in [6.45, 7) is 3.82. The second-order valence-electron chi connectivity index (χ2n) is 7.44. The van der Waals surface area contributed by atoms with Gasteiger partial charge in [-0.05, 0) is 50.5 Å². The minimum atomic E-state index is -4.53. The molecule has 1 aromatic rings. The van der Waals surface area contributed by atoms with Crippen molar-refractivity contribution in [2.75, 3.05) is 6.54 Å². The molecule has 27 heavy (non-hydrogen) atoms. The van der Waals surface area contributed by atoms with Crippen LogP contribution >= 0.6 is 0 Å². The van der Waals surface area contributed by atoms with Gasteiger partial charge < -0.3 is 9.84 Å². The largest absolute Gasteiger partial charge is 0.444 e. The molecule has 2 atom stereocenters. The maximum Gasteiger partial charge on any atom is 0.416 e. The molecule has 150 valence electrons. The quantitative estimate of drug-likeness (QED) is 0.633. The highest BCUT2D eigenvalue weighted by Gasteiger charge is 2.40. The van der Waals surface area contributed by atoms with Crippen LogP contribution < -0.4 is 0 Å². The summed E-state index contributed by atoms with van der Waals surface area (Å²) < 4.78 is 44.2. The molecule has 10 heteroatoms. The molecule has 0 radical (unpaired) electrons. The number of ether oxygens (including phenoxy) is 1. The second-order valence-corrected chi connectivity index (χ2v) is 7.44. The highest BCUT2D eigenvalue weighted by molar-refractivity contribution is 5.69. The molecule has 0 aromatic heterocycles. The summed E-state index contributed by atoms with van der Waals surface area (Å²) in [7, 11) is 0. The van der Waals surface area contributed by atoms with Gasteiger partial charge in [-0.2, -0.15) is 13.2 Å². The van der Waals surface area contributed by atoms with E-state index in [1.54, 1.807) is 20.8 Å². The lowest BCUT2D eigenvalue weighted by molar-refractivity contribution is -0.491. The number of alkyl halides is 3. The first-order valence-corrected chi connectivity index (χ1v) is 8.26. The first kappa shape index (κ1) is 20.9. The maximum atomic E-state index is 13.0. The Balaban J connectivity index is 2.38. The van der Waals surface area contributed by atoms with Crippen molar-refractivity contribution >= 4 is 6.09 Å². The average molecular weight is 390 g/mol. The summed E-state index contributed by atoms with van der Waals surface area (Å²) >= 11 is 0. The number of nitro groups is 1. The highest BCUT2D eigenvalue weighted by Crippen LogP contribution is 2.34. The van der Waals surface area contributed by atoms with E-state index in [4.69, 9.17) is 4.74 Å². The Hall–Kier alpha value is -2.36. The lowest BCUT2D eigenvalue weighted by Crippen LogP contribution is -2.53. The van der Waals surface area contributed by atoms with E-state index in [1.165, 1.54) is 6.07 Å². The molecule has 2 rings (SSSR count). The second kappa shape index (κ2) is 7.34. The molecular formula is C17H21F3N2O5. The molecule has 1 unspecified atom stereocenters. The zero-order chi connectivity index (χ0) is 20.6. The molecule has 1 aliphatic heterocycles. The molecule has 0 bridgehead atoms. The number of hydrogen-bond donors (Lipinski definition) is 1. The van der Waals surface area contributed by atoms with Crippen molar-refractivity contribution in [3.05, 3.63) is 45.0 Å². The first-order valence-electron chi connectivity index (χ1n) is 8.26. The van der Waals surface area contributed by atoms with Crippen molar-refractivity contribution in [2.24, 2.45) is 0 Å². The Labute approximate surface area is 153 Å². The number of hydrogen-bond acceptors (Lipinski definition) is 5. The van der Waals surface area contributed by atoms with Gasteiger partial charge in [0, 0.05) is 11.5 Å². The summed E-state index contributed by atoms with van der Waals surface area (Å²) in [4.78, 5) is 23.6. The van der Waals surface area contributed by atoms with Crippen LogP contribution in [0.3, 0.4) is 0 Å². The van der Waals surface area contributed by atoms with Crippen LogP contribution in [0.2, 0.25) is 0 Å². The number of amides is 1. The van der Waals surface area contributed by atoms with Gasteiger partial charge in [0.05, 0.1) is 11.6 Å². The van der Waals surface area contributed by atoms with Crippen LogP contribution in [0.5, 0.6) is 0 Å². The van der Waals surface area contributed by atoms with Crippen molar-refractivity contribution in [2.45, 2.75) is 57.7 Å². The molecule has 1 N–H and O–H groups in total. The van der Waals surface area contributed by atoms with Gasteiger partial charge in [-0.15, -0.1) is 0 Å². The van der Waals surface area contributed by atoms with E-state index in [1.807, 2.05) is 0 Å². The van der Waals surface area contributed by atoms with Crippen LogP contribution in [0.1, 0.15) is 37.5 Å². The summed E-state index contributed by atoms with van der Waals surface area (Å²) in [5, 5.41) is 20.9. The summed E-state index contributed by atoms with van der Waals surface area (Å²) in [6, 6.07) is 2.16. The maximum absolute atomic E-state index is 13.0. The lowest BCUT2D eigenvalue weighted by Gasteiger charge is -2.39. The Kier molecular flexibility index (Phi) is 5.69. The van der Waals surface area contributed by atoms with E-state index in [0.717, 1.165) is 17.0 Å². The molecule has 7 nitrogen and oxygen atoms in total. The number of halogens is 3. The standard InChI is InChI=1S/C17H21F3N2O5/c1-16(2,3)27-15(24)21-8-11-6-12(17(18,19)20)5-4-10(11)7-13(21)14(23)9-22(25)26/h4-6,13-14,23H,7-9H2,1-3H3/t13?,14-/m1/s1.